The van der Waals surface area contributed by atoms with E-state index in [0.717, 1.165) is 0 Å². The van der Waals surface area contributed by atoms with Gasteiger partial charge in [0, 0.05) is 0 Å². The van der Waals surface area contributed by atoms with Crippen molar-refractivity contribution in [1.29, 1.82) is 0 Å². The maximum absolute atomic E-state index is 14.2. The first-order chi connectivity index (χ1) is 16.6. The van der Waals surface area contributed by atoms with E-state index < -0.39 is 91.5 Å². The Hall–Kier alpha value is -2.34. The molecule has 228 valence electrons. The minimum atomic E-state index is -9.20. The Balaban J connectivity index is 4.15. The molecule has 0 aliphatic rings. The molecule has 0 saturated heterocycles. The molecule has 39 heavy (non-hydrogen) atoms. The van der Waals surface area contributed by atoms with Crippen LogP contribution < -0.4 is 0 Å². The SMILES string of the molecule is O=S(=O)(O)c1c(F)c(F)c(F)c(F)c1C(F)(F)C(F)(F)C(F)(F)C(F)(F)C(F)(F)C(F)(F)C(F)(F)C(F)(F)F. The molecule has 0 aliphatic carbocycles. The van der Waals surface area contributed by atoms with Crippen LogP contribution in [0.4, 0.5) is 92.2 Å². The van der Waals surface area contributed by atoms with Gasteiger partial charge in [-0.1, -0.05) is 0 Å². The van der Waals surface area contributed by atoms with Gasteiger partial charge in [-0.05, 0) is 0 Å². The molecular formula is C14HF21O3S. The molecule has 1 N–H and O–H groups in total. The quantitative estimate of drug-likeness (QED) is 0.144. The Morgan fingerprint density at radius 2 is 0.718 bits per heavy atom. The van der Waals surface area contributed by atoms with Crippen molar-refractivity contribution in [2.75, 3.05) is 0 Å². The largest absolute Gasteiger partial charge is 0.460 e. The van der Waals surface area contributed by atoms with E-state index in [0.29, 0.717) is 0 Å². The van der Waals surface area contributed by atoms with Gasteiger partial charge >= 0.3 is 47.6 Å². The molecule has 1 rings (SSSR count). The molecule has 0 atom stereocenters. The third-order valence-electron chi connectivity index (χ3n) is 4.52. The van der Waals surface area contributed by atoms with Crippen LogP contribution in [0.1, 0.15) is 5.56 Å². The van der Waals surface area contributed by atoms with Crippen molar-refractivity contribution in [3.63, 3.8) is 0 Å². The van der Waals surface area contributed by atoms with Crippen LogP contribution in [-0.2, 0) is 16.0 Å². The Morgan fingerprint density at radius 3 is 1.03 bits per heavy atom. The zero-order chi connectivity index (χ0) is 32.0. The summed E-state index contributed by atoms with van der Waals surface area (Å²) in [5.74, 6) is -77.4. The molecule has 0 saturated carbocycles. The summed E-state index contributed by atoms with van der Waals surface area (Å²) in [6.45, 7) is 0. The fourth-order valence-corrected chi connectivity index (χ4v) is 3.25. The molecule has 0 radical (unpaired) electrons. The fourth-order valence-electron chi connectivity index (χ4n) is 2.46. The van der Waals surface area contributed by atoms with Gasteiger partial charge in [-0.15, -0.1) is 0 Å². The normalized spacial score (nSPS) is 15.6. The summed E-state index contributed by atoms with van der Waals surface area (Å²) >= 11 is 0. The van der Waals surface area contributed by atoms with Crippen LogP contribution in [0.3, 0.4) is 0 Å². The molecule has 0 bridgehead atoms. The summed E-state index contributed by atoms with van der Waals surface area (Å²) in [5, 5.41) is 0. The van der Waals surface area contributed by atoms with Crippen LogP contribution in [0.5, 0.6) is 0 Å². The van der Waals surface area contributed by atoms with Crippen molar-refractivity contribution in [3.8, 4) is 0 Å². The molecule has 0 fully saturated rings. The van der Waals surface area contributed by atoms with E-state index in [1.807, 2.05) is 0 Å². The van der Waals surface area contributed by atoms with E-state index in [2.05, 4.69) is 0 Å². The Labute approximate surface area is 197 Å². The standard InChI is InChI=1S/C14HF21O3S/c15-2-1(6(39(36,37)38)5(18)4(17)3(2)16)7(19,20)8(21,22)9(23,24)10(25,26)11(27,28)12(29,30)13(31,32)14(33,34)35/h(H,36,37,38). The number of hydrogen-bond donors (Lipinski definition) is 1. The predicted molar refractivity (Wildman–Crippen MR) is 75.7 cm³/mol. The van der Waals surface area contributed by atoms with Crippen LogP contribution in [0.15, 0.2) is 4.90 Å². The van der Waals surface area contributed by atoms with Gasteiger partial charge in [0.1, 0.15) is 4.90 Å². The summed E-state index contributed by atoms with van der Waals surface area (Å²) < 4.78 is 310. The first-order valence-corrected chi connectivity index (χ1v) is 9.63. The second-order valence-corrected chi connectivity index (χ2v) is 8.31. The predicted octanol–water partition coefficient (Wildman–Crippen LogP) is 6.96. The molecule has 0 heterocycles. The number of halogens is 21. The first-order valence-electron chi connectivity index (χ1n) is 8.19. The first kappa shape index (κ1) is 34.7. The summed E-state index contributed by atoms with van der Waals surface area (Å²) in [6, 6.07) is 0. The molecule has 0 aromatic heterocycles. The fraction of sp³-hybridized carbons (Fsp3) is 0.571. The number of hydrogen-bond acceptors (Lipinski definition) is 2. The van der Waals surface area contributed by atoms with E-state index in [1.165, 1.54) is 0 Å². The molecule has 3 nitrogen and oxygen atoms in total. The van der Waals surface area contributed by atoms with E-state index >= 15 is 0 Å². The van der Waals surface area contributed by atoms with Gasteiger partial charge in [-0.2, -0.15) is 83.1 Å². The Bertz CT molecular complexity index is 1250. The van der Waals surface area contributed by atoms with Gasteiger partial charge in [-0.25, -0.2) is 17.6 Å². The Morgan fingerprint density at radius 1 is 0.436 bits per heavy atom. The van der Waals surface area contributed by atoms with Gasteiger partial charge in [0.05, 0.1) is 5.56 Å². The molecular weight excluding hydrogens is 647 g/mol. The van der Waals surface area contributed by atoms with Gasteiger partial charge in [-0.3, -0.25) is 4.55 Å². The van der Waals surface area contributed by atoms with Crippen molar-refractivity contribution < 1.29 is 105 Å². The van der Waals surface area contributed by atoms with Crippen LogP contribution in [0.2, 0.25) is 0 Å². The maximum Gasteiger partial charge on any atom is 0.460 e. The zero-order valence-corrected chi connectivity index (χ0v) is 17.4. The van der Waals surface area contributed by atoms with E-state index in [1.54, 1.807) is 0 Å². The van der Waals surface area contributed by atoms with Crippen molar-refractivity contribution >= 4 is 10.1 Å². The number of rotatable bonds is 8. The lowest BCUT2D eigenvalue weighted by Gasteiger charge is -2.43. The molecule has 1 aromatic rings. The number of alkyl halides is 17. The van der Waals surface area contributed by atoms with Crippen LogP contribution in [0, 0.1) is 23.3 Å². The molecule has 1 aromatic carbocycles. The lowest BCUT2D eigenvalue weighted by Crippen LogP contribution is -2.74. The average Bonchev–Trinajstić information content (AvgIpc) is 2.71. The minimum absolute atomic E-state index is 3.61. The third-order valence-corrected chi connectivity index (χ3v) is 5.42. The van der Waals surface area contributed by atoms with Crippen molar-refractivity contribution in [1.82, 2.24) is 0 Å². The highest BCUT2D eigenvalue weighted by atomic mass is 32.2. The van der Waals surface area contributed by atoms with Gasteiger partial charge in [0.25, 0.3) is 10.1 Å². The van der Waals surface area contributed by atoms with Crippen molar-refractivity contribution in [3.05, 3.63) is 28.8 Å². The summed E-state index contributed by atoms with van der Waals surface area (Å²) in [4.78, 5) is -3.98. The smallest absolute Gasteiger partial charge is 0.282 e. The van der Waals surface area contributed by atoms with Gasteiger partial charge in [0.15, 0.2) is 23.3 Å². The molecule has 0 unspecified atom stereocenters. The third kappa shape index (κ3) is 4.32. The number of benzene rings is 1. The summed E-state index contributed by atoms with van der Waals surface area (Å²) in [5.41, 5.74) is -4.57. The van der Waals surface area contributed by atoms with Crippen LogP contribution >= 0.6 is 0 Å². The topological polar surface area (TPSA) is 54.4 Å². The van der Waals surface area contributed by atoms with E-state index in [9.17, 15) is 101 Å². The highest BCUT2D eigenvalue weighted by Gasteiger charge is 2.95. The molecule has 25 heteroatoms. The second kappa shape index (κ2) is 8.83. The van der Waals surface area contributed by atoms with E-state index in [-0.39, 0.29) is 0 Å². The summed E-state index contributed by atoms with van der Waals surface area (Å²) in [6.07, 6.45) is -8.05. The minimum Gasteiger partial charge on any atom is -0.282 e. The van der Waals surface area contributed by atoms with Gasteiger partial charge < -0.3 is 0 Å². The molecule has 0 aliphatic heterocycles. The highest BCUT2D eigenvalue weighted by Crippen LogP contribution is 2.65. The zero-order valence-electron chi connectivity index (χ0n) is 16.6. The lowest BCUT2D eigenvalue weighted by molar-refractivity contribution is -0.463. The summed E-state index contributed by atoms with van der Waals surface area (Å²) in [7, 11) is -7.20. The maximum atomic E-state index is 14.2. The monoisotopic (exact) mass is 648 g/mol. The van der Waals surface area contributed by atoms with Crippen molar-refractivity contribution in [2.24, 2.45) is 0 Å². The van der Waals surface area contributed by atoms with Gasteiger partial charge in [0.2, 0.25) is 0 Å². The Kier molecular flexibility index (Phi) is 7.85. The highest BCUT2D eigenvalue weighted by molar-refractivity contribution is 7.85. The second-order valence-electron chi connectivity index (χ2n) is 6.95. The lowest BCUT2D eigenvalue weighted by atomic mass is 9.87. The average molecular weight is 648 g/mol. The van der Waals surface area contributed by atoms with Crippen LogP contribution in [0.25, 0.3) is 0 Å². The van der Waals surface area contributed by atoms with E-state index in [4.69, 9.17) is 4.55 Å². The molecule has 0 amide bonds. The van der Waals surface area contributed by atoms with Crippen LogP contribution in [-0.4, -0.2) is 54.7 Å². The van der Waals surface area contributed by atoms with Crippen molar-refractivity contribution in [2.45, 2.75) is 52.5 Å². The molecule has 0 spiro atoms.